The predicted molar refractivity (Wildman–Crippen MR) is 72.0 cm³/mol. The summed E-state index contributed by atoms with van der Waals surface area (Å²) in [5.74, 6) is 0.633. The van der Waals surface area contributed by atoms with E-state index < -0.39 is 12.8 Å². The summed E-state index contributed by atoms with van der Waals surface area (Å²) < 4.78 is 45.3. The zero-order valence-corrected chi connectivity index (χ0v) is 11.7. The van der Waals surface area contributed by atoms with Crippen molar-refractivity contribution < 1.29 is 27.9 Å². The Kier molecular flexibility index (Phi) is 7.01. The van der Waals surface area contributed by atoms with E-state index in [1.54, 1.807) is 19.1 Å². The summed E-state index contributed by atoms with van der Waals surface area (Å²) in [6, 6.07) is 7.20. The lowest BCUT2D eigenvalue weighted by molar-refractivity contribution is -0.174. The Morgan fingerprint density at radius 3 is 2.43 bits per heavy atom. The van der Waals surface area contributed by atoms with Gasteiger partial charge in [0, 0.05) is 12.8 Å². The summed E-state index contributed by atoms with van der Waals surface area (Å²) in [5.41, 5.74) is 1.58. The fraction of sp³-hybridized carbons (Fsp3) is 0.500. The molecular formula is C14H18F3NO3. The second kappa shape index (κ2) is 8.51. The molecule has 0 aromatic heterocycles. The molecule has 0 radical (unpaired) electrons. The van der Waals surface area contributed by atoms with Gasteiger partial charge < -0.3 is 14.7 Å². The second-order valence-electron chi connectivity index (χ2n) is 4.53. The maximum absolute atomic E-state index is 11.8. The Morgan fingerprint density at radius 1 is 1.19 bits per heavy atom. The predicted octanol–water partition coefficient (Wildman–Crippen LogP) is 3.43. The molecule has 1 aromatic carbocycles. The van der Waals surface area contributed by atoms with Gasteiger partial charge in [0.1, 0.15) is 12.4 Å². The normalized spacial score (nSPS) is 12.5. The van der Waals surface area contributed by atoms with E-state index in [-0.39, 0.29) is 13.2 Å². The monoisotopic (exact) mass is 305 g/mol. The molecule has 1 aromatic rings. The molecule has 118 valence electrons. The Bertz CT molecular complexity index is 444. The minimum atomic E-state index is -4.29. The van der Waals surface area contributed by atoms with Crippen molar-refractivity contribution in [2.75, 3.05) is 19.8 Å². The van der Waals surface area contributed by atoms with E-state index in [4.69, 9.17) is 9.94 Å². The van der Waals surface area contributed by atoms with Crippen LogP contribution in [0.25, 0.3) is 0 Å². The third-order valence-corrected chi connectivity index (χ3v) is 2.52. The summed E-state index contributed by atoms with van der Waals surface area (Å²) in [5, 5.41) is 11.7. The van der Waals surface area contributed by atoms with Crippen molar-refractivity contribution in [2.24, 2.45) is 5.16 Å². The lowest BCUT2D eigenvalue weighted by atomic mass is 10.1. The van der Waals surface area contributed by atoms with E-state index in [0.717, 1.165) is 5.56 Å². The highest BCUT2D eigenvalue weighted by molar-refractivity contribution is 5.83. The van der Waals surface area contributed by atoms with Gasteiger partial charge in [0.25, 0.3) is 0 Å². The molecule has 0 amide bonds. The summed E-state index contributed by atoms with van der Waals surface area (Å²) in [6.07, 6.45) is -3.36. The number of hydrogen-bond acceptors (Lipinski definition) is 4. The van der Waals surface area contributed by atoms with Crippen LogP contribution in [0, 0.1) is 0 Å². The molecule has 0 aliphatic rings. The quantitative estimate of drug-likeness (QED) is 0.346. The van der Waals surface area contributed by atoms with E-state index in [1.807, 2.05) is 12.1 Å². The Balaban J connectivity index is 2.21. The van der Waals surface area contributed by atoms with Crippen LogP contribution in [0.1, 0.15) is 18.9 Å². The van der Waals surface area contributed by atoms with Crippen LogP contribution in [0.3, 0.4) is 0 Å². The highest BCUT2D eigenvalue weighted by atomic mass is 19.4. The van der Waals surface area contributed by atoms with Gasteiger partial charge in [0.15, 0.2) is 0 Å². The van der Waals surface area contributed by atoms with Crippen molar-refractivity contribution in [2.45, 2.75) is 25.9 Å². The molecule has 1 rings (SSSR count). The minimum Gasteiger partial charge on any atom is -0.494 e. The lowest BCUT2D eigenvalue weighted by Crippen LogP contribution is -2.18. The average molecular weight is 305 g/mol. The number of nitrogens with zero attached hydrogens (tertiary/aromatic N) is 1. The maximum atomic E-state index is 11.8. The van der Waals surface area contributed by atoms with Gasteiger partial charge in [-0.25, -0.2) is 0 Å². The second-order valence-corrected chi connectivity index (χ2v) is 4.53. The van der Waals surface area contributed by atoms with Crippen molar-refractivity contribution >= 4 is 5.71 Å². The fourth-order valence-corrected chi connectivity index (χ4v) is 1.57. The summed E-state index contributed by atoms with van der Waals surface area (Å²) in [7, 11) is 0. The average Bonchev–Trinajstić information content (AvgIpc) is 2.43. The number of oxime groups is 1. The van der Waals surface area contributed by atoms with Gasteiger partial charge in [0.05, 0.1) is 18.9 Å². The van der Waals surface area contributed by atoms with Gasteiger partial charge in [-0.3, -0.25) is 0 Å². The number of rotatable bonds is 8. The van der Waals surface area contributed by atoms with Crippen LogP contribution >= 0.6 is 0 Å². The number of halogens is 3. The van der Waals surface area contributed by atoms with Crippen LogP contribution in [0.2, 0.25) is 0 Å². The summed E-state index contributed by atoms with van der Waals surface area (Å²) in [6.45, 7) is 0.775. The topological polar surface area (TPSA) is 51.0 Å². The molecular weight excluding hydrogens is 287 g/mol. The van der Waals surface area contributed by atoms with Crippen molar-refractivity contribution in [3.63, 3.8) is 0 Å². The minimum absolute atomic E-state index is 0.00372. The van der Waals surface area contributed by atoms with E-state index in [2.05, 4.69) is 9.89 Å². The molecule has 21 heavy (non-hydrogen) atoms. The van der Waals surface area contributed by atoms with Gasteiger partial charge in [-0.2, -0.15) is 13.2 Å². The molecule has 0 unspecified atom stereocenters. The van der Waals surface area contributed by atoms with Gasteiger partial charge in [0.2, 0.25) is 0 Å². The molecule has 0 aliphatic carbocycles. The Labute approximate surface area is 121 Å². The molecule has 1 N–H and O–H groups in total. The smallest absolute Gasteiger partial charge is 0.411 e. The lowest BCUT2D eigenvalue weighted by Gasteiger charge is -2.09. The first-order chi connectivity index (χ1) is 9.90. The summed E-state index contributed by atoms with van der Waals surface area (Å²) in [4.78, 5) is 0. The Hall–Kier alpha value is -1.76. The van der Waals surface area contributed by atoms with Crippen molar-refractivity contribution in [1.82, 2.24) is 0 Å². The largest absolute Gasteiger partial charge is 0.494 e. The molecule has 7 heteroatoms. The molecule has 0 heterocycles. The van der Waals surface area contributed by atoms with Gasteiger partial charge in [-0.15, -0.1) is 0 Å². The van der Waals surface area contributed by atoms with Gasteiger partial charge >= 0.3 is 6.18 Å². The third kappa shape index (κ3) is 8.19. The molecule has 0 bridgehead atoms. The third-order valence-electron chi connectivity index (χ3n) is 2.52. The van der Waals surface area contributed by atoms with Crippen molar-refractivity contribution in [3.8, 4) is 5.75 Å². The first-order valence-corrected chi connectivity index (χ1v) is 6.44. The van der Waals surface area contributed by atoms with Crippen LogP contribution in [-0.2, 0) is 11.2 Å². The van der Waals surface area contributed by atoms with E-state index in [9.17, 15) is 13.2 Å². The zero-order chi connectivity index (χ0) is 15.7. The number of alkyl halides is 3. The molecule has 0 aliphatic heterocycles. The maximum Gasteiger partial charge on any atom is 0.411 e. The molecule has 0 atom stereocenters. The van der Waals surface area contributed by atoms with E-state index in [0.29, 0.717) is 24.3 Å². The van der Waals surface area contributed by atoms with E-state index >= 15 is 0 Å². The molecule has 0 saturated carbocycles. The summed E-state index contributed by atoms with van der Waals surface area (Å²) >= 11 is 0. The number of benzene rings is 1. The standard InChI is InChI=1S/C14H18F3NO3/c1-11(18-19)9-12-3-5-13(6-4-12)21-8-2-7-20-10-14(15,16)17/h3-6,19H,2,7-10H2,1H3/b18-11-. The van der Waals surface area contributed by atoms with Crippen molar-refractivity contribution in [3.05, 3.63) is 29.8 Å². The fourth-order valence-electron chi connectivity index (χ4n) is 1.57. The zero-order valence-electron chi connectivity index (χ0n) is 11.7. The van der Waals surface area contributed by atoms with Gasteiger partial charge in [-0.1, -0.05) is 17.3 Å². The number of hydrogen-bond donors (Lipinski definition) is 1. The van der Waals surface area contributed by atoms with Crippen LogP contribution < -0.4 is 4.74 Å². The van der Waals surface area contributed by atoms with E-state index in [1.165, 1.54) is 0 Å². The first-order valence-electron chi connectivity index (χ1n) is 6.44. The van der Waals surface area contributed by atoms with Crippen LogP contribution in [0.5, 0.6) is 5.75 Å². The Morgan fingerprint density at radius 2 is 1.86 bits per heavy atom. The highest BCUT2D eigenvalue weighted by Gasteiger charge is 2.27. The SMILES string of the molecule is C/C(Cc1ccc(OCCCOCC(F)(F)F)cc1)=N/O. The molecule has 0 saturated heterocycles. The van der Waals surface area contributed by atoms with Crippen molar-refractivity contribution in [1.29, 1.82) is 0 Å². The molecule has 0 fully saturated rings. The highest BCUT2D eigenvalue weighted by Crippen LogP contribution is 2.15. The van der Waals surface area contributed by atoms with Crippen LogP contribution in [-0.4, -0.2) is 36.9 Å². The molecule has 4 nitrogen and oxygen atoms in total. The van der Waals surface area contributed by atoms with Crippen LogP contribution in [0.4, 0.5) is 13.2 Å². The molecule has 0 spiro atoms. The van der Waals surface area contributed by atoms with Crippen LogP contribution in [0.15, 0.2) is 29.4 Å². The number of ether oxygens (including phenoxy) is 2. The first kappa shape index (κ1) is 17.3. The van der Waals surface area contributed by atoms with Gasteiger partial charge in [-0.05, 0) is 24.6 Å².